The lowest BCUT2D eigenvalue weighted by Crippen LogP contribution is -2.28. The second kappa shape index (κ2) is 5.10. The number of carbonyl (C=O) groups is 1. The zero-order chi connectivity index (χ0) is 12.3. The molecule has 0 aliphatic carbocycles. The molecule has 0 bridgehead atoms. The highest BCUT2D eigenvalue weighted by Gasteiger charge is 2.22. The van der Waals surface area contributed by atoms with Gasteiger partial charge in [0, 0.05) is 21.3 Å². The Balaban J connectivity index is 3.98. The summed E-state index contributed by atoms with van der Waals surface area (Å²) in [5.41, 5.74) is -0.458. The van der Waals surface area contributed by atoms with Crippen molar-refractivity contribution in [2.24, 2.45) is 0 Å². The van der Waals surface area contributed by atoms with Crippen LogP contribution in [0.15, 0.2) is 0 Å². The Morgan fingerprint density at radius 2 is 1.60 bits per heavy atom. The minimum Gasteiger partial charge on any atom is -0.460 e. The highest BCUT2D eigenvalue weighted by atomic mass is 32.2. The number of carbonyl (C=O) groups excluding carboxylic acids is 1. The third-order valence-electron chi connectivity index (χ3n) is 1.59. The minimum atomic E-state index is -0.987. The van der Waals surface area contributed by atoms with Gasteiger partial charge in [-0.3, -0.25) is 9.00 Å². The van der Waals surface area contributed by atoms with E-state index in [4.69, 9.17) is 4.74 Å². The molecule has 0 aliphatic heterocycles. The fraction of sp³-hybridized carbons (Fsp3) is 0.909. The zero-order valence-corrected chi connectivity index (χ0v) is 11.4. The molecule has 0 spiro atoms. The van der Waals surface area contributed by atoms with Crippen LogP contribution >= 0.6 is 0 Å². The summed E-state index contributed by atoms with van der Waals surface area (Å²) >= 11 is 0. The van der Waals surface area contributed by atoms with E-state index in [9.17, 15) is 9.00 Å². The van der Waals surface area contributed by atoms with E-state index in [1.54, 1.807) is 0 Å². The number of hydrogen-bond donors (Lipinski definition) is 0. The molecular weight excluding hydrogens is 212 g/mol. The van der Waals surface area contributed by atoms with E-state index in [0.29, 0.717) is 5.75 Å². The van der Waals surface area contributed by atoms with E-state index in [1.807, 2.05) is 41.5 Å². The zero-order valence-electron chi connectivity index (χ0n) is 10.5. The lowest BCUT2D eigenvalue weighted by atomic mass is 10.2. The predicted octanol–water partition coefficient (Wildman–Crippen LogP) is 2.27. The third-order valence-corrected chi connectivity index (χ3v) is 3.54. The van der Waals surface area contributed by atoms with Gasteiger partial charge in [0.15, 0.2) is 0 Å². The Bertz CT molecular complexity index is 246. The molecule has 0 aromatic carbocycles. The van der Waals surface area contributed by atoms with Gasteiger partial charge in [0.25, 0.3) is 0 Å². The summed E-state index contributed by atoms with van der Waals surface area (Å²) in [5.74, 6) is 0.0957. The molecule has 15 heavy (non-hydrogen) atoms. The summed E-state index contributed by atoms with van der Waals surface area (Å²) in [7, 11) is -0.987. The fourth-order valence-corrected chi connectivity index (χ4v) is 1.84. The van der Waals surface area contributed by atoms with Gasteiger partial charge in [0.2, 0.25) is 0 Å². The highest BCUT2D eigenvalue weighted by molar-refractivity contribution is 7.86. The second-order valence-corrected chi connectivity index (χ2v) is 7.82. The normalized spacial score (nSPS) is 14.8. The van der Waals surface area contributed by atoms with Gasteiger partial charge in [-0.25, -0.2) is 0 Å². The van der Waals surface area contributed by atoms with E-state index < -0.39 is 16.4 Å². The molecule has 0 rings (SSSR count). The molecule has 0 heterocycles. The summed E-state index contributed by atoms with van der Waals surface area (Å²) in [6, 6.07) is 0. The Hall–Kier alpha value is -0.380. The highest BCUT2D eigenvalue weighted by Crippen LogP contribution is 2.13. The van der Waals surface area contributed by atoms with Gasteiger partial charge in [-0.05, 0) is 41.5 Å². The molecule has 0 saturated heterocycles. The summed E-state index contributed by atoms with van der Waals surface area (Å²) in [5, 5.41) is 0. The molecule has 0 aromatic heterocycles. The molecular formula is C11H22O3S. The smallest absolute Gasteiger partial charge is 0.307 e. The van der Waals surface area contributed by atoms with Gasteiger partial charge in [0.1, 0.15) is 5.60 Å². The predicted molar refractivity (Wildman–Crippen MR) is 63.2 cm³/mol. The molecule has 4 heteroatoms. The maximum Gasteiger partial charge on any atom is 0.307 e. The Morgan fingerprint density at radius 1 is 1.13 bits per heavy atom. The van der Waals surface area contributed by atoms with Gasteiger partial charge in [-0.2, -0.15) is 0 Å². The van der Waals surface area contributed by atoms with E-state index in [1.165, 1.54) is 0 Å². The van der Waals surface area contributed by atoms with Crippen LogP contribution in [0, 0.1) is 0 Å². The first-order chi connectivity index (χ1) is 6.52. The van der Waals surface area contributed by atoms with Gasteiger partial charge < -0.3 is 4.74 Å². The van der Waals surface area contributed by atoms with Crippen molar-refractivity contribution in [3.8, 4) is 0 Å². The van der Waals surface area contributed by atoms with Crippen LogP contribution in [0.25, 0.3) is 0 Å². The van der Waals surface area contributed by atoms with Crippen molar-refractivity contribution >= 4 is 16.8 Å². The number of rotatable bonds is 3. The lowest BCUT2D eigenvalue weighted by molar-refractivity contribution is -0.154. The van der Waals surface area contributed by atoms with Crippen LogP contribution in [0.3, 0.4) is 0 Å². The van der Waals surface area contributed by atoms with Crippen molar-refractivity contribution in [1.29, 1.82) is 0 Å². The maximum atomic E-state index is 11.6. The molecule has 0 aliphatic rings. The van der Waals surface area contributed by atoms with Crippen LogP contribution in [0.1, 0.15) is 48.0 Å². The van der Waals surface area contributed by atoms with E-state index in [0.717, 1.165) is 0 Å². The largest absolute Gasteiger partial charge is 0.460 e. The van der Waals surface area contributed by atoms with Crippen molar-refractivity contribution in [2.75, 3.05) is 5.75 Å². The first-order valence-corrected chi connectivity index (χ1v) is 6.44. The van der Waals surface area contributed by atoms with Crippen molar-refractivity contribution in [3.05, 3.63) is 0 Å². The first-order valence-electron chi connectivity index (χ1n) is 5.13. The van der Waals surface area contributed by atoms with Gasteiger partial charge in [0.05, 0.1) is 6.42 Å². The van der Waals surface area contributed by atoms with Gasteiger partial charge in [-0.1, -0.05) is 0 Å². The standard InChI is InChI=1S/C11H22O3S/c1-10(2,3)14-9(12)7-8-15(13)11(4,5)6/h7-8H2,1-6H3. The summed E-state index contributed by atoms with van der Waals surface area (Å²) in [6.45, 7) is 11.2. The SMILES string of the molecule is CC(C)(C)OC(=O)CCS(=O)C(C)(C)C. The monoisotopic (exact) mass is 234 g/mol. The third kappa shape index (κ3) is 7.54. The Labute approximate surface area is 95.0 Å². The number of ether oxygens (including phenoxy) is 1. The molecule has 0 saturated carbocycles. The van der Waals surface area contributed by atoms with E-state index >= 15 is 0 Å². The molecule has 3 nitrogen and oxygen atoms in total. The minimum absolute atomic E-state index is 0.223. The van der Waals surface area contributed by atoms with Gasteiger partial charge in [-0.15, -0.1) is 0 Å². The van der Waals surface area contributed by atoms with Crippen LogP contribution in [0.2, 0.25) is 0 Å². The summed E-state index contributed by atoms with van der Waals surface area (Å²) in [4.78, 5) is 11.3. The fourth-order valence-electron chi connectivity index (χ4n) is 0.875. The molecule has 0 N–H and O–H groups in total. The van der Waals surface area contributed by atoms with Gasteiger partial charge >= 0.3 is 5.97 Å². The topological polar surface area (TPSA) is 43.4 Å². The molecule has 0 aromatic rings. The van der Waals surface area contributed by atoms with Crippen LogP contribution in [-0.2, 0) is 20.3 Å². The molecule has 90 valence electrons. The van der Waals surface area contributed by atoms with Crippen LogP contribution < -0.4 is 0 Å². The molecule has 0 radical (unpaired) electrons. The van der Waals surface area contributed by atoms with Crippen molar-refractivity contribution < 1.29 is 13.7 Å². The van der Waals surface area contributed by atoms with Crippen LogP contribution in [0.4, 0.5) is 0 Å². The first kappa shape index (κ1) is 14.6. The summed E-state index contributed by atoms with van der Waals surface area (Å²) < 4.78 is 16.5. The van der Waals surface area contributed by atoms with E-state index in [2.05, 4.69) is 0 Å². The quantitative estimate of drug-likeness (QED) is 0.704. The summed E-state index contributed by atoms with van der Waals surface area (Å²) in [6.07, 6.45) is 0.223. The average Bonchev–Trinajstić information content (AvgIpc) is 1.94. The van der Waals surface area contributed by atoms with Crippen molar-refractivity contribution in [3.63, 3.8) is 0 Å². The molecule has 1 atom stereocenters. The average molecular weight is 234 g/mol. The molecule has 1 unspecified atom stereocenters. The number of esters is 1. The maximum absolute atomic E-state index is 11.6. The van der Waals surface area contributed by atoms with Crippen LogP contribution in [0.5, 0.6) is 0 Å². The van der Waals surface area contributed by atoms with Crippen molar-refractivity contribution in [1.82, 2.24) is 0 Å². The van der Waals surface area contributed by atoms with Crippen LogP contribution in [-0.4, -0.2) is 26.3 Å². The Morgan fingerprint density at radius 3 is 1.93 bits per heavy atom. The number of hydrogen-bond acceptors (Lipinski definition) is 3. The van der Waals surface area contributed by atoms with Crippen molar-refractivity contribution in [2.45, 2.75) is 58.3 Å². The molecule has 0 fully saturated rings. The second-order valence-electron chi connectivity index (χ2n) is 5.50. The lowest BCUT2D eigenvalue weighted by Gasteiger charge is -2.21. The Kier molecular flexibility index (Phi) is 4.97. The van der Waals surface area contributed by atoms with E-state index in [-0.39, 0.29) is 17.1 Å². The molecule has 0 amide bonds.